The number of rotatable bonds is 4. The van der Waals surface area contributed by atoms with Crippen molar-refractivity contribution in [3.05, 3.63) is 52.8 Å². The fourth-order valence-electron chi connectivity index (χ4n) is 4.43. The van der Waals surface area contributed by atoms with Crippen LogP contribution < -0.4 is 14.4 Å². The molecular weight excluding hydrogens is 465 g/mol. The minimum Gasteiger partial charge on any atom is -0.495 e. The molecule has 1 fully saturated rings. The summed E-state index contributed by atoms with van der Waals surface area (Å²) in [5.41, 5.74) is 0.449. The number of anilines is 1. The molecule has 0 aliphatic carbocycles. The average Bonchev–Trinajstić information content (AvgIpc) is 2.84. The van der Waals surface area contributed by atoms with Crippen molar-refractivity contribution in [2.75, 3.05) is 31.6 Å². The lowest BCUT2D eigenvalue weighted by Crippen LogP contribution is -2.54. The van der Waals surface area contributed by atoms with Crippen LogP contribution in [0.25, 0.3) is 0 Å². The number of benzene rings is 2. The molecular formula is C24H23ClFN3O5. The van der Waals surface area contributed by atoms with E-state index in [1.807, 2.05) is 0 Å². The highest BCUT2D eigenvalue weighted by Gasteiger charge is 2.41. The van der Waals surface area contributed by atoms with Gasteiger partial charge in [0.1, 0.15) is 17.3 Å². The zero-order chi connectivity index (χ0) is 24.5. The summed E-state index contributed by atoms with van der Waals surface area (Å²) in [5.74, 6) is -0.209. The minimum absolute atomic E-state index is 0.178. The molecule has 1 N–H and O–H groups in total. The Balaban J connectivity index is 1.47. The molecule has 10 heteroatoms. The quantitative estimate of drug-likeness (QED) is 0.696. The van der Waals surface area contributed by atoms with Gasteiger partial charge in [-0.15, -0.1) is 0 Å². The molecule has 0 spiro atoms. The first-order valence-corrected chi connectivity index (χ1v) is 11.1. The first-order valence-electron chi connectivity index (χ1n) is 10.7. The molecule has 4 rings (SSSR count). The van der Waals surface area contributed by atoms with Gasteiger partial charge in [-0.3, -0.25) is 9.69 Å². The van der Waals surface area contributed by atoms with Crippen molar-refractivity contribution in [3.63, 3.8) is 0 Å². The maximum absolute atomic E-state index is 13.2. The van der Waals surface area contributed by atoms with Gasteiger partial charge in [-0.05, 0) is 37.0 Å². The Hall–Kier alpha value is -3.51. The number of amides is 2. The predicted molar refractivity (Wildman–Crippen MR) is 122 cm³/mol. The molecule has 2 aromatic carbocycles. The third-order valence-electron chi connectivity index (χ3n) is 6.37. The molecule has 34 heavy (non-hydrogen) atoms. The number of hydrogen-bond donors (Lipinski definition) is 1. The van der Waals surface area contributed by atoms with E-state index in [0.29, 0.717) is 38.1 Å². The van der Waals surface area contributed by atoms with Gasteiger partial charge < -0.3 is 19.5 Å². The monoisotopic (exact) mass is 487 g/mol. The van der Waals surface area contributed by atoms with Gasteiger partial charge in [0, 0.05) is 25.2 Å². The normalized spacial score (nSPS) is 18.9. The van der Waals surface area contributed by atoms with Crippen LogP contribution in [0.3, 0.4) is 0 Å². The van der Waals surface area contributed by atoms with Crippen molar-refractivity contribution in [2.45, 2.75) is 25.4 Å². The van der Waals surface area contributed by atoms with Gasteiger partial charge in [0.15, 0.2) is 6.10 Å². The fourth-order valence-corrected chi connectivity index (χ4v) is 4.66. The van der Waals surface area contributed by atoms with Crippen LogP contribution in [0.4, 0.5) is 14.9 Å². The Morgan fingerprint density at radius 1 is 1.29 bits per heavy atom. The summed E-state index contributed by atoms with van der Waals surface area (Å²) in [7, 11) is 1.42. The van der Waals surface area contributed by atoms with Crippen LogP contribution in [0.5, 0.6) is 11.5 Å². The number of carboxylic acid groups (broad SMARTS) is 1. The molecule has 2 aromatic rings. The largest absolute Gasteiger partial charge is 0.495 e. The van der Waals surface area contributed by atoms with Crippen molar-refractivity contribution < 1.29 is 28.6 Å². The predicted octanol–water partition coefficient (Wildman–Crippen LogP) is 4.11. The van der Waals surface area contributed by atoms with Crippen molar-refractivity contribution in [1.29, 1.82) is 5.26 Å². The number of hydrogen-bond acceptors (Lipinski definition) is 5. The maximum Gasteiger partial charge on any atom is 0.412 e. The summed E-state index contributed by atoms with van der Waals surface area (Å²) < 4.78 is 24.2. The standard InChI is InChI=1S/C24H23ClFN3O5/c1-33-19-11-18-20(10-17(19)25)34-21(13-29(18)23(31)32)22(30)28-8-6-24(14-27,7-9-28)12-15-2-4-16(26)5-3-15/h2-5,10-11,21H,6-9,12-13H2,1H3,(H,31,32). The molecule has 1 unspecified atom stereocenters. The Kier molecular flexibility index (Phi) is 6.53. The summed E-state index contributed by atoms with van der Waals surface area (Å²) in [6.45, 7) is 0.481. The van der Waals surface area contributed by atoms with Gasteiger partial charge in [0.05, 0.1) is 35.8 Å². The molecule has 2 aliphatic rings. The van der Waals surface area contributed by atoms with Crippen LogP contribution in [-0.2, 0) is 11.2 Å². The molecule has 1 saturated heterocycles. The number of likely N-dealkylation sites (tertiary alicyclic amines) is 1. The van der Waals surface area contributed by atoms with Gasteiger partial charge in [-0.2, -0.15) is 5.26 Å². The summed E-state index contributed by atoms with van der Waals surface area (Å²) >= 11 is 6.17. The molecule has 0 saturated carbocycles. The van der Waals surface area contributed by atoms with E-state index >= 15 is 0 Å². The topological polar surface area (TPSA) is 103 Å². The number of nitrogens with zero attached hydrogens (tertiary/aromatic N) is 3. The number of fused-ring (bicyclic) bond motifs is 1. The van der Waals surface area contributed by atoms with Crippen LogP contribution in [0.1, 0.15) is 18.4 Å². The molecule has 1 atom stereocenters. The van der Waals surface area contributed by atoms with Gasteiger partial charge in [-0.1, -0.05) is 23.7 Å². The number of piperidine rings is 1. The third-order valence-corrected chi connectivity index (χ3v) is 6.67. The minimum atomic E-state index is -1.23. The smallest absolute Gasteiger partial charge is 0.412 e. The highest BCUT2D eigenvalue weighted by atomic mass is 35.5. The average molecular weight is 488 g/mol. The SMILES string of the molecule is COc1cc2c(cc1Cl)OC(C(=O)N1CCC(C#N)(Cc3ccc(F)cc3)CC1)CN2C(=O)O. The first-order chi connectivity index (χ1) is 16.2. The zero-order valence-electron chi connectivity index (χ0n) is 18.5. The highest BCUT2D eigenvalue weighted by Crippen LogP contribution is 2.42. The second-order valence-corrected chi connectivity index (χ2v) is 8.88. The van der Waals surface area contributed by atoms with Crippen LogP contribution in [0.15, 0.2) is 36.4 Å². The van der Waals surface area contributed by atoms with Crippen molar-refractivity contribution in [2.24, 2.45) is 5.41 Å². The van der Waals surface area contributed by atoms with Crippen LogP contribution in [0.2, 0.25) is 5.02 Å². The molecule has 0 aromatic heterocycles. The van der Waals surface area contributed by atoms with Gasteiger partial charge in [-0.25, -0.2) is 9.18 Å². The van der Waals surface area contributed by atoms with E-state index in [-0.39, 0.29) is 34.7 Å². The molecule has 2 heterocycles. The van der Waals surface area contributed by atoms with Crippen molar-refractivity contribution in [3.8, 4) is 17.6 Å². The van der Waals surface area contributed by atoms with E-state index in [2.05, 4.69) is 6.07 Å². The van der Waals surface area contributed by atoms with Gasteiger partial charge >= 0.3 is 6.09 Å². The lowest BCUT2D eigenvalue weighted by molar-refractivity contribution is -0.140. The van der Waals surface area contributed by atoms with E-state index < -0.39 is 17.6 Å². The second-order valence-electron chi connectivity index (χ2n) is 8.47. The molecule has 0 radical (unpaired) electrons. The number of carbonyl (C=O) groups is 2. The Bertz CT molecular complexity index is 1140. The number of halogens is 2. The summed E-state index contributed by atoms with van der Waals surface area (Å²) in [6.07, 6.45) is -0.914. The molecule has 8 nitrogen and oxygen atoms in total. The Morgan fingerprint density at radius 3 is 2.56 bits per heavy atom. The number of carbonyl (C=O) groups excluding carboxylic acids is 1. The number of nitriles is 1. The Labute approximate surface area is 201 Å². The third kappa shape index (κ3) is 4.59. The summed E-state index contributed by atoms with van der Waals surface area (Å²) in [4.78, 5) is 27.7. The van der Waals surface area contributed by atoms with Crippen LogP contribution in [-0.4, -0.2) is 54.9 Å². The molecule has 178 valence electrons. The van der Waals surface area contributed by atoms with Crippen LogP contribution >= 0.6 is 11.6 Å². The van der Waals surface area contributed by atoms with E-state index in [0.717, 1.165) is 10.5 Å². The summed E-state index contributed by atoms with van der Waals surface area (Å²) in [6, 6.07) is 11.4. The maximum atomic E-state index is 13.2. The molecule has 0 bridgehead atoms. The first kappa shape index (κ1) is 23.6. The van der Waals surface area contributed by atoms with E-state index in [9.17, 15) is 24.3 Å². The van der Waals surface area contributed by atoms with Gasteiger partial charge in [0.25, 0.3) is 5.91 Å². The summed E-state index contributed by atoms with van der Waals surface area (Å²) in [5, 5.41) is 19.8. The fraction of sp³-hybridized carbons (Fsp3) is 0.375. The van der Waals surface area contributed by atoms with Gasteiger partial charge in [0.2, 0.25) is 0 Å². The lowest BCUT2D eigenvalue weighted by Gasteiger charge is -2.40. The lowest BCUT2D eigenvalue weighted by atomic mass is 9.75. The number of methoxy groups -OCH3 is 1. The molecule has 2 amide bonds. The van der Waals surface area contributed by atoms with E-state index in [1.165, 1.54) is 31.4 Å². The highest BCUT2D eigenvalue weighted by molar-refractivity contribution is 6.32. The van der Waals surface area contributed by atoms with Crippen molar-refractivity contribution in [1.82, 2.24) is 4.90 Å². The number of ether oxygens (including phenoxy) is 2. The molecule has 2 aliphatic heterocycles. The van der Waals surface area contributed by atoms with Crippen molar-refractivity contribution >= 4 is 29.3 Å². The van der Waals surface area contributed by atoms with Crippen LogP contribution in [0, 0.1) is 22.6 Å². The van der Waals surface area contributed by atoms with E-state index in [1.54, 1.807) is 17.0 Å². The Morgan fingerprint density at radius 2 is 1.97 bits per heavy atom. The second kappa shape index (κ2) is 9.39. The zero-order valence-corrected chi connectivity index (χ0v) is 19.2. The van der Waals surface area contributed by atoms with E-state index in [4.69, 9.17) is 21.1 Å².